The Hall–Kier alpha value is -2.82. The molecule has 1 unspecified atom stereocenters. The van der Waals surface area contributed by atoms with E-state index in [1.165, 1.54) is 25.3 Å². The number of nitrogens with zero attached hydrogens (tertiary/aromatic N) is 1. The monoisotopic (exact) mass is 345 g/mol. The Labute approximate surface area is 144 Å². The second-order valence-electron chi connectivity index (χ2n) is 5.21. The molecule has 0 fully saturated rings. The second kappa shape index (κ2) is 7.83. The molecular weight excluding hydrogens is 329 g/mol. The van der Waals surface area contributed by atoms with E-state index in [2.05, 4.69) is 0 Å². The highest BCUT2D eigenvalue weighted by molar-refractivity contribution is 5.46. The van der Waals surface area contributed by atoms with Gasteiger partial charge < -0.3 is 23.7 Å². The van der Waals surface area contributed by atoms with Crippen molar-refractivity contribution in [3.8, 4) is 23.3 Å². The molecular formula is C18H16FNO5. The van der Waals surface area contributed by atoms with E-state index in [-0.39, 0.29) is 31.5 Å². The number of methoxy groups -OCH3 is 1. The molecule has 1 aliphatic rings. The van der Waals surface area contributed by atoms with Crippen molar-refractivity contribution >= 4 is 0 Å². The summed E-state index contributed by atoms with van der Waals surface area (Å²) in [5, 5.41) is 9.08. The average Bonchev–Trinajstić information content (AvgIpc) is 3.09. The van der Waals surface area contributed by atoms with E-state index in [0.29, 0.717) is 11.5 Å². The lowest BCUT2D eigenvalue weighted by Crippen LogP contribution is -2.16. The highest BCUT2D eigenvalue weighted by atomic mass is 19.1. The zero-order chi connectivity index (χ0) is 17.6. The number of rotatable bonds is 7. The first-order valence-electron chi connectivity index (χ1n) is 7.54. The molecule has 0 bridgehead atoms. The van der Waals surface area contributed by atoms with Crippen LogP contribution in [0.5, 0.6) is 17.2 Å². The molecule has 0 saturated heterocycles. The van der Waals surface area contributed by atoms with Crippen molar-refractivity contribution in [3.63, 3.8) is 0 Å². The van der Waals surface area contributed by atoms with Crippen LogP contribution in [0.2, 0.25) is 0 Å². The van der Waals surface area contributed by atoms with Crippen LogP contribution in [0, 0.1) is 17.1 Å². The largest absolute Gasteiger partial charge is 0.489 e. The van der Waals surface area contributed by atoms with Crippen molar-refractivity contribution in [2.24, 2.45) is 0 Å². The van der Waals surface area contributed by atoms with E-state index in [1.807, 2.05) is 6.07 Å². The minimum Gasteiger partial charge on any atom is -0.489 e. The van der Waals surface area contributed by atoms with Crippen LogP contribution in [0.15, 0.2) is 36.4 Å². The Kier molecular flexibility index (Phi) is 5.33. The number of hydrogen-bond donors (Lipinski definition) is 0. The molecule has 0 aliphatic carbocycles. The average molecular weight is 345 g/mol. The molecule has 0 radical (unpaired) electrons. The van der Waals surface area contributed by atoms with Crippen molar-refractivity contribution in [1.29, 1.82) is 5.26 Å². The smallest absolute Gasteiger partial charge is 0.231 e. The Balaban J connectivity index is 1.78. The van der Waals surface area contributed by atoms with Crippen LogP contribution in [0.4, 0.5) is 4.39 Å². The molecule has 7 heteroatoms. The zero-order valence-corrected chi connectivity index (χ0v) is 13.5. The van der Waals surface area contributed by atoms with Gasteiger partial charge in [-0.3, -0.25) is 0 Å². The highest BCUT2D eigenvalue weighted by Gasteiger charge is 2.20. The van der Waals surface area contributed by atoms with Crippen LogP contribution < -0.4 is 14.2 Å². The van der Waals surface area contributed by atoms with E-state index in [9.17, 15) is 4.39 Å². The molecule has 130 valence electrons. The number of fused-ring (bicyclic) bond motifs is 1. The molecule has 0 aromatic heterocycles. The fraction of sp³-hybridized carbons (Fsp3) is 0.278. The van der Waals surface area contributed by atoms with E-state index in [4.69, 9.17) is 28.9 Å². The van der Waals surface area contributed by atoms with Gasteiger partial charge in [-0.25, -0.2) is 4.39 Å². The molecule has 25 heavy (non-hydrogen) atoms. The van der Waals surface area contributed by atoms with Gasteiger partial charge in [0.25, 0.3) is 0 Å². The summed E-state index contributed by atoms with van der Waals surface area (Å²) in [6.07, 6.45) is -0.496. The lowest BCUT2D eigenvalue weighted by Gasteiger charge is -2.19. The molecule has 0 amide bonds. The third-order valence-corrected chi connectivity index (χ3v) is 3.63. The topological polar surface area (TPSA) is 69.9 Å². The third-order valence-electron chi connectivity index (χ3n) is 3.63. The number of nitriles is 1. The second-order valence-corrected chi connectivity index (χ2v) is 5.21. The van der Waals surface area contributed by atoms with Gasteiger partial charge in [0.15, 0.2) is 11.5 Å². The van der Waals surface area contributed by atoms with Gasteiger partial charge in [0.2, 0.25) is 6.79 Å². The molecule has 3 rings (SSSR count). The number of ether oxygens (including phenoxy) is 5. The van der Waals surface area contributed by atoms with Crippen molar-refractivity contribution in [3.05, 3.63) is 53.3 Å². The summed E-state index contributed by atoms with van der Waals surface area (Å²) in [6.45, 7) is 0.297. The molecule has 0 spiro atoms. The SMILES string of the molecule is COCOC(COc1cccc(F)c1C#N)c1ccc2c(c1)OCO2. The minimum absolute atomic E-state index is 0.0523. The highest BCUT2D eigenvalue weighted by Crippen LogP contribution is 2.35. The summed E-state index contributed by atoms with van der Waals surface area (Å²) in [7, 11) is 1.51. The van der Waals surface area contributed by atoms with Crippen LogP contribution in [-0.4, -0.2) is 27.3 Å². The van der Waals surface area contributed by atoms with E-state index < -0.39 is 11.9 Å². The number of benzene rings is 2. The lowest BCUT2D eigenvalue weighted by atomic mass is 10.1. The van der Waals surface area contributed by atoms with Gasteiger partial charge in [-0.15, -0.1) is 0 Å². The summed E-state index contributed by atoms with van der Waals surface area (Å²) in [5.74, 6) is 0.811. The maximum Gasteiger partial charge on any atom is 0.231 e. The van der Waals surface area contributed by atoms with Crippen LogP contribution in [-0.2, 0) is 9.47 Å². The summed E-state index contributed by atoms with van der Waals surface area (Å²) >= 11 is 0. The summed E-state index contributed by atoms with van der Waals surface area (Å²) in [6, 6.07) is 11.4. The Bertz CT molecular complexity index is 790. The molecule has 2 aromatic rings. The van der Waals surface area contributed by atoms with Gasteiger partial charge in [-0.2, -0.15) is 5.26 Å². The third kappa shape index (κ3) is 3.82. The van der Waals surface area contributed by atoms with Gasteiger partial charge in [-0.05, 0) is 29.8 Å². The molecule has 6 nitrogen and oxygen atoms in total. The maximum atomic E-state index is 13.7. The molecule has 1 heterocycles. The summed E-state index contributed by atoms with van der Waals surface area (Å²) < 4.78 is 40.5. The van der Waals surface area contributed by atoms with E-state index >= 15 is 0 Å². The molecule has 1 atom stereocenters. The quantitative estimate of drug-likeness (QED) is 0.718. The van der Waals surface area contributed by atoms with Crippen molar-refractivity contribution < 1.29 is 28.1 Å². The first-order valence-corrected chi connectivity index (χ1v) is 7.54. The molecule has 1 aliphatic heterocycles. The van der Waals surface area contributed by atoms with Gasteiger partial charge >= 0.3 is 0 Å². The predicted molar refractivity (Wildman–Crippen MR) is 84.9 cm³/mol. The molecule has 0 saturated carbocycles. The van der Waals surface area contributed by atoms with Gasteiger partial charge in [0, 0.05) is 7.11 Å². The van der Waals surface area contributed by atoms with Crippen LogP contribution in [0.1, 0.15) is 17.2 Å². The zero-order valence-electron chi connectivity index (χ0n) is 13.5. The predicted octanol–water partition coefficient (Wildman–Crippen LogP) is 3.17. The van der Waals surface area contributed by atoms with E-state index in [0.717, 1.165) is 5.56 Å². The number of hydrogen-bond acceptors (Lipinski definition) is 6. The summed E-state index contributed by atoms with van der Waals surface area (Å²) in [5.41, 5.74) is 0.648. The van der Waals surface area contributed by atoms with Crippen molar-refractivity contribution in [2.45, 2.75) is 6.10 Å². The van der Waals surface area contributed by atoms with Gasteiger partial charge in [0.05, 0.1) is 0 Å². The van der Waals surface area contributed by atoms with Gasteiger partial charge in [0.1, 0.15) is 42.7 Å². The molecule has 2 aromatic carbocycles. The maximum absolute atomic E-state index is 13.7. The first kappa shape index (κ1) is 17.0. The van der Waals surface area contributed by atoms with Crippen LogP contribution >= 0.6 is 0 Å². The fourth-order valence-corrected chi connectivity index (χ4v) is 2.40. The summed E-state index contributed by atoms with van der Waals surface area (Å²) in [4.78, 5) is 0. The molecule has 0 N–H and O–H groups in total. The number of halogens is 1. The Morgan fingerprint density at radius 1 is 1.24 bits per heavy atom. The van der Waals surface area contributed by atoms with Crippen molar-refractivity contribution in [2.75, 3.05) is 27.3 Å². The normalized spacial score (nSPS) is 13.3. The fourth-order valence-electron chi connectivity index (χ4n) is 2.40. The van der Waals surface area contributed by atoms with Gasteiger partial charge in [-0.1, -0.05) is 12.1 Å². The van der Waals surface area contributed by atoms with Crippen LogP contribution in [0.25, 0.3) is 0 Å². The standard InChI is InChI=1S/C18H16FNO5/c1-21-10-23-18(12-5-6-16-17(7-12)25-11-24-16)9-22-15-4-2-3-14(19)13(15)8-20/h2-7,18H,9-11H2,1H3. The van der Waals surface area contributed by atoms with Crippen LogP contribution in [0.3, 0.4) is 0 Å². The lowest BCUT2D eigenvalue weighted by molar-refractivity contribution is -0.0857. The Morgan fingerprint density at radius 3 is 2.88 bits per heavy atom. The van der Waals surface area contributed by atoms with E-state index in [1.54, 1.807) is 18.2 Å². The first-order chi connectivity index (χ1) is 12.2. The van der Waals surface area contributed by atoms with Crippen molar-refractivity contribution in [1.82, 2.24) is 0 Å². The Morgan fingerprint density at radius 2 is 2.08 bits per heavy atom. The minimum atomic E-state index is -0.627.